The molecule has 0 saturated carbocycles. The van der Waals surface area contributed by atoms with Crippen LogP contribution in [-0.2, 0) is 6.18 Å². The number of nitrogens with one attached hydrogen (secondary N) is 2. The first-order valence-electron chi connectivity index (χ1n) is 12.4. The van der Waals surface area contributed by atoms with Crippen molar-refractivity contribution in [2.45, 2.75) is 45.8 Å². The molecule has 0 radical (unpaired) electrons. The number of aryl methyl sites for hydroxylation is 1. The summed E-state index contributed by atoms with van der Waals surface area (Å²) in [6, 6.07) is 15.6. The van der Waals surface area contributed by atoms with Crippen molar-refractivity contribution in [3.05, 3.63) is 77.6 Å². The van der Waals surface area contributed by atoms with Gasteiger partial charge in [-0.25, -0.2) is 14.4 Å². The van der Waals surface area contributed by atoms with Gasteiger partial charge in [-0.2, -0.15) is 13.2 Å². The summed E-state index contributed by atoms with van der Waals surface area (Å²) in [6.45, 7) is 8.07. The first-order valence-corrected chi connectivity index (χ1v) is 12.4. The molecular formula is C29H30F4N4. The number of hydrogen-bond acceptors (Lipinski definition) is 4. The van der Waals surface area contributed by atoms with Gasteiger partial charge < -0.3 is 10.6 Å². The van der Waals surface area contributed by atoms with Crippen LogP contribution in [0.25, 0.3) is 33.4 Å². The Morgan fingerprint density at radius 3 is 2.43 bits per heavy atom. The molecule has 1 heterocycles. The van der Waals surface area contributed by atoms with Crippen molar-refractivity contribution in [2.75, 3.05) is 18.4 Å². The molecule has 4 aromatic rings. The van der Waals surface area contributed by atoms with Gasteiger partial charge in [0, 0.05) is 22.6 Å². The van der Waals surface area contributed by atoms with Crippen LogP contribution in [0, 0.1) is 12.7 Å². The number of benzene rings is 3. The van der Waals surface area contributed by atoms with Crippen LogP contribution >= 0.6 is 0 Å². The molecule has 0 aliphatic heterocycles. The topological polar surface area (TPSA) is 49.8 Å². The molecule has 0 aliphatic rings. The van der Waals surface area contributed by atoms with Crippen LogP contribution in [0.15, 0.2) is 60.7 Å². The molecule has 3 aromatic carbocycles. The highest BCUT2D eigenvalue weighted by molar-refractivity contribution is 5.92. The van der Waals surface area contributed by atoms with Gasteiger partial charge in [-0.15, -0.1) is 0 Å². The lowest BCUT2D eigenvalue weighted by Crippen LogP contribution is -2.20. The SMILES string of the molecule is CCNCCCC(C)Nc1nc(-c2cccc(-c3ccc(C(F)(F)F)cc3F)c2)nc2c(C)cccc12. The van der Waals surface area contributed by atoms with E-state index in [1.54, 1.807) is 18.2 Å². The van der Waals surface area contributed by atoms with E-state index in [-0.39, 0.29) is 11.6 Å². The second kappa shape index (κ2) is 11.3. The predicted octanol–water partition coefficient (Wildman–Crippen LogP) is 7.62. The third-order valence-corrected chi connectivity index (χ3v) is 6.28. The lowest BCUT2D eigenvalue weighted by molar-refractivity contribution is -0.137. The van der Waals surface area contributed by atoms with Gasteiger partial charge in [0.05, 0.1) is 11.1 Å². The lowest BCUT2D eigenvalue weighted by atomic mass is 10.0. The van der Waals surface area contributed by atoms with Crippen molar-refractivity contribution < 1.29 is 17.6 Å². The van der Waals surface area contributed by atoms with Crippen molar-refractivity contribution in [2.24, 2.45) is 0 Å². The van der Waals surface area contributed by atoms with E-state index in [0.29, 0.717) is 28.8 Å². The van der Waals surface area contributed by atoms with Gasteiger partial charge in [0.1, 0.15) is 11.6 Å². The maximum absolute atomic E-state index is 14.7. The summed E-state index contributed by atoms with van der Waals surface area (Å²) in [4.78, 5) is 9.62. The van der Waals surface area contributed by atoms with Gasteiger partial charge in [-0.05, 0) is 75.2 Å². The number of para-hydroxylation sites is 1. The van der Waals surface area contributed by atoms with Crippen LogP contribution in [0.5, 0.6) is 0 Å². The molecule has 1 aromatic heterocycles. The summed E-state index contributed by atoms with van der Waals surface area (Å²) in [7, 11) is 0. The Kier molecular flexibility index (Phi) is 8.07. The normalized spacial score (nSPS) is 12.6. The van der Waals surface area contributed by atoms with Crippen LogP contribution in [0.2, 0.25) is 0 Å². The van der Waals surface area contributed by atoms with Gasteiger partial charge in [-0.3, -0.25) is 0 Å². The molecule has 4 rings (SSSR count). The Balaban J connectivity index is 1.71. The second-order valence-electron chi connectivity index (χ2n) is 9.18. The summed E-state index contributed by atoms with van der Waals surface area (Å²) in [5, 5.41) is 7.77. The number of hydrogen-bond donors (Lipinski definition) is 2. The van der Waals surface area contributed by atoms with Crippen molar-refractivity contribution in [3.8, 4) is 22.5 Å². The van der Waals surface area contributed by atoms with Crippen LogP contribution in [0.4, 0.5) is 23.4 Å². The Bertz CT molecular complexity index is 1380. The van der Waals surface area contributed by atoms with E-state index in [4.69, 9.17) is 9.97 Å². The number of alkyl halides is 3. The molecule has 0 spiro atoms. The van der Waals surface area contributed by atoms with Crippen molar-refractivity contribution in [1.29, 1.82) is 0 Å². The minimum Gasteiger partial charge on any atom is -0.367 e. The Morgan fingerprint density at radius 2 is 1.70 bits per heavy atom. The summed E-state index contributed by atoms with van der Waals surface area (Å²) in [5.74, 6) is 0.236. The number of aromatic nitrogens is 2. The van der Waals surface area contributed by atoms with Crippen LogP contribution in [0.3, 0.4) is 0 Å². The minimum absolute atomic E-state index is 0.0829. The van der Waals surface area contributed by atoms with E-state index in [0.717, 1.165) is 54.5 Å². The Morgan fingerprint density at radius 1 is 0.946 bits per heavy atom. The molecule has 1 atom stereocenters. The van der Waals surface area contributed by atoms with E-state index >= 15 is 0 Å². The molecule has 8 heteroatoms. The molecule has 1 unspecified atom stereocenters. The molecular weight excluding hydrogens is 480 g/mol. The molecule has 4 nitrogen and oxygen atoms in total. The summed E-state index contributed by atoms with van der Waals surface area (Å²) < 4.78 is 53.6. The zero-order valence-electron chi connectivity index (χ0n) is 21.1. The fourth-order valence-electron chi connectivity index (χ4n) is 4.30. The second-order valence-corrected chi connectivity index (χ2v) is 9.18. The number of halogens is 4. The molecule has 194 valence electrons. The fraction of sp³-hybridized carbons (Fsp3) is 0.310. The van der Waals surface area contributed by atoms with E-state index in [1.165, 1.54) is 0 Å². The maximum Gasteiger partial charge on any atom is 0.416 e. The van der Waals surface area contributed by atoms with Crippen molar-refractivity contribution in [3.63, 3.8) is 0 Å². The highest BCUT2D eigenvalue weighted by atomic mass is 19.4. The van der Waals surface area contributed by atoms with Crippen molar-refractivity contribution >= 4 is 16.7 Å². The lowest BCUT2D eigenvalue weighted by Gasteiger charge is -2.18. The number of rotatable bonds is 9. The first-order chi connectivity index (χ1) is 17.7. The molecule has 0 amide bonds. The standard InChI is InChI=1S/C29H30F4N4/c1-4-34-15-7-9-19(3)35-28-24-12-5-8-18(2)26(24)36-27(37-28)21-11-6-10-20(16-21)23-14-13-22(17-25(23)30)29(31,32)33/h5-6,8,10-14,16-17,19,34H,4,7,9,15H2,1-3H3,(H,35,36,37). The van der Waals surface area contributed by atoms with Gasteiger partial charge in [0.25, 0.3) is 0 Å². The maximum atomic E-state index is 14.7. The third kappa shape index (κ3) is 6.25. The van der Waals surface area contributed by atoms with Gasteiger partial charge >= 0.3 is 6.18 Å². The molecule has 0 aliphatic carbocycles. The summed E-state index contributed by atoms with van der Waals surface area (Å²) in [6.07, 6.45) is -2.62. The molecule has 37 heavy (non-hydrogen) atoms. The van der Waals surface area contributed by atoms with Gasteiger partial charge in [-0.1, -0.05) is 43.3 Å². The van der Waals surface area contributed by atoms with E-state index in [9.17, 15) is 17.6 Å². The molecule has 2 N–H and O–H groups in total. The smallest absolute Gasteiger partial charge is 0.367 e. The van der Waals surface area contributed by atoms with E-state index in [2.05, 4.69) is 24.5 Å². The largest absolute Gasteiger partial charge is 0.416 e. The first kappa shape index (κ1) is 26.5. The van der Waals surface area contributed by atoms with Crippen LogP contribution in [-0.4, -0.2) is 29.1 Å². The average Bonchev–Trinajstić information content (AvgIpc) is 2.86. The highest BCUT2D eigenvalue weighted by Gasteiger charge is 2.31. The number of anilines is 1. The monoisotopic (exact) mass is 510 g/mol. The highest BCUT2D eigenvalue weighted by Crippen LogP contribution is 2.34. The van der Waals surface area contributed by atoms with Crippen molar-refractivity contribution in [1.82, 2.24) is 15.3 Å². The van der Waals surface area contributed by atoms with Gasteiger partial charge in [0.2, 0.25) is 0 Å². The Labute approximate surface area is 214 Å². The number of fused-ring (bicyclic) bond motifs is 1. The van der Waals surface area contributed by atoms with E-state index in [1.807, 2.05) is 31.2 Å². The minimum atomic E-state index is -4.61. The zero-order valence-corrected chi connectivity index (χ0v) is 21.1. The quantitative estimate of drug-likeness (QED) is 0.180. The van der Waals surface area contributed by atoms with Crippen LogP contribution < -0.4 is 10.6 Å². The predicted molar refractivity (Wildman–Crippen MR) is 141 cm³/mol. The summed E-state index contributed by atoms with van der Waals surface area (Å²) >= 11 is 0. The van der Waals surface area contributed by atoms with Crippen LogP contribution in [0.1, 0.15) is 37.8 Å². The fourth-order valence-corrected chi connectivity index (χ4v) is 4.30. The average molecular weight is 511 g/mol. The Hall–Kier alpha value is -3.52. The molecule has 0 bridgehead atoms. The van der Waals surface area contributed by atoms with Gasteiger partial charge in [0.15, 0.2) is 5.82 Å². The van der Waals surface area contributed by atoms with E-state index < -0.39 is 17.6 Å². The summed E-state index contributed by atoms with van der Waals surface area (Å²) in [5.41, 5.74) is 1.95. The molecule has 0 fully saturated rings. The zero-order chi connectivity index (χ0) is 26.6. The third-order valence-electron chi connectivity index (χ3n) is 6.28. The molecule has 0 saturated heterocycles. The number of nitrogens with zero attached hydrogens (tertiary/aromatic N) is 2.